The molecule has 0 aromatic rings. The Balaban J connectivity index is 4.46. The Hall–Kier alpha value is -0.610. The lowest BCUT2D eigenvalue weighted by molar-refractivity contribution is -0.377. The number of rotatable bonds is 9. The molecule has 0 fully saturated rings. The lowest BCUT2D eigenvalue weighted by atomic mass is 9.84. The number of carbonyl (C=O) groups excluding carboxylic acids is 1. The van der Waals surface area contributed by atoms with Crippen LogP contribution in [0.15, 0.2) is 0 Å². The second-order valence-corrected chi connectivity index (χ2v) is 7.06. The molecule has 0 aromatic carbocycles. The quantitative estimate of drug-likeness (QED) is 0.361. The number of unbranched alkanes of at least 4 members (excludes halogenated alkanes) is 1. The van der Waals surface area contributed by atoms with Crippen molar-refractivity contribution in [2.75, 3.05) is 6.61 Å². The zero-order valence-corrected chi connectivity index (χ0v) is 14.2. The maximum absolute atomic E-state index is 11.8. The van der Waals surface area contributed by atoms with Crippen molar-refractivity contribution in [3.05, 3.63) is 0 Å². The summed E-state index contributed by atoms with van der Waals surface area (Å²) < 4.78 is 5.02. The fourth-order valence-corrected chi connectivity index (χ4v) is 2.32. The van der Waals surface area contributed by atoms with Crippen molar-refractivity contribution in [2.24, 2.45) is 5.41 Å². The van der Waals surface area contributed by atoms with Crippen LogP contribution >= 0.6 is 0 Å². The van der Waals surface area contributed by atoms with Crippen LogP contribution in [0.2, 0.25) is 0 Å². The molecule has 4 heteroatoms. The Labute approximate surface area is 124 Å². The molecule has 1 atom stereocenters. The molecule has 0 spiro atoms. The second kappa shape index (κ2) is 8.63. The van der Waals surface area contributed by atoms with E-state index in [-0.39, 0.29) is 11.4 Å². The van der Waals surface area contributed by atoms with Gasteiger partial charge in [0.25, 0.3) is 0 Å². The van der Waals surface area contributed by atoms with Crippen LogP contribution in [0.5, 0.6) is 0 Å². The van der Waals surface area contributed by atoms with E-state index in [9.17, 15) is 4.79 Å². The third kappa shape index (κ3) is 9.32. The minimum atomic E-state index is -0.630. The van der Waals surface area contributed by atoms with Gasteiger partial charge >= 0.3 is 5.97 Å². The molecular weight excluding hydrogens is 256 g/mol. The van der Waals surface area contributed by atoms with Gasteiger partial charge < -0.3 is 4.74 Å². The molecule has 4 nitrogen and oxygen atoms in total. The third-order valence-corrected chi connectivity index (χ3v) is 2.72. The van der Waals surface area contributed by atoms with Gasteiger partial charge in [-0.3, -0.25) is 0 Å². The maximum atomic E-state index is 11.8. The molecule has 20 heavy (non-hydrogen) atoms. The Morgan fingerprint density at radius 3 is 2.15 bits per heavy atom. The molecule has 0 saturated heterocycles. The van der Waals surface area contributed by atoms with E-state index in [2.05, 4.69) is 27.7 Å². The Morgan fingerprint density at radius 2 is 1.70 bits per heavy atom. The molecule has 0 saturated carbocycles. The summed E-state index contributed by atoms with van der Waals surface area (Å²) in [5.41, 5.74) is -0.301. The highest BCUT2D eigenvalue weighted by molar-refractivity contribution is 5.74. The summed E-state index contributed by atoms with van der Waals surface area (Å²) in [6.07, 6.45) is 2.75. The van der Waals surface area contributed by atoms with Crippen molar-refractivity contribution in [2.45, 2.75) is 85.9 Å². The van der Waals surface area contributed by atoms with E-state index in [1.807, 2.05) is 13.8 Å². The van der Waals surface area contributed by atoms with E-state index < -0.39 is 11.7 Å². The molecule has 0 aromatic heterocycles. The monoisotopic (exact) mass is 288 g/mol. The molecule has 1 unspecified atom stereocenters. The van der Waals surface area contributed by atoms with Gasteiger partial charge in [0.2, 0.25) is 0 Å². The normalized spacial score (nSPS) is 14.2. The molecule has 0 rings (SSSR count). The van der Waals surface area contributed by atoms with Gasteiger partial charge in [-0.2, -0.15) is 0 Å². The standard InChI is InChI=1S/C16H32O4/c1-8-10-11-13(14(17)18-9-2)19-20-16(6,7)12-15(3,4)5/h13H,8-12H2,1-7H3. The van der Waals surface area contributed by atoms with Crippen molar-refractivity contribution in [1.82, 2.24) is 0 Å². The Kier molecular flexibility index (Phi) is 8.36. The second-order valence-electron chi connectivity index (χ2n) is 7.06. The van der Waals surface area contributed by atoms with Gasteiger partial charge in [-0.05, 0) is 39.0 Å². The molecule has 0 bridgehead atoms. The van der Waals surface area contributed by atoms with Crippen molar-refractivity contribution in [3.63, 3.8) is 0 Å². The van der Waals surface area contributed by atoms with E-state index in [4.69, 9.17) is 14.5 Å². The van der Waals surface area contributed by atoms with Crippen LogP contribution in [0.4, 0.5) is 0 Å². The van der Waals surface area contributed by atoms with Crippen LogP contribution in [0.1, 0.15) is 74.1 Å². The lowest BCUT2D eigenvalue weighted by Gasteiger charge is -2.32. The van der Waals surface area contributed by atoms with Gasteiger partial charge in [-0.25, -0.2) is 14.6 Å². The summed E-state index contributed by atoms with van der Waals surface area (Å²) in [5, 5.41) is 0. The van der Waals surface area contributed by atoms with Crippen LogP contribution < -0.4 is 0 Å². The first-order valence-electron chi connectivity index (χ1n) is 7.62. The zero-order chi connectivity index (χ0) is 15.8. The summed E-state index contributed by atoms with van der Waals surface area (Å²) in [5.74, 6) is -0.340. The smallest absolute Gasteiger partial charge is 0.338 e. The zero-order valence-electron chi connectivity index (χ0n) is 14.2. The predicted octanol–water partition coefficient (Wildman–Crippen LogP) is 4.27. The first-order valence-corrected chi connectivity index (χ1v) is 7.62. The number of carbonyl (C=O) groups is 1. The molecular formula is C16H32O4. The topological polar surface area (TPSA) is 44.8 Å². The largest absolute Gasteiger partial charge is 0.464 e. The molecule has 0 aliphatic rings. The summed E-state index contributed by atoms with van der Waals surface area (Å²) in [6, 6.07) is 0. The van der Waals surface area contributed by atoms with E-state index in [0.717, 1.165) is 19.3 Å². The first-order chi connectivity index (χ1) is 9.11. The molecule has 0 radical (unpaired) electrons. The average Bonchev–Trinajstić information content (AvgIpc) is 2.26. The van der Waals surface area contributed by atoms with Crippen LogP contribution in [0.25, 0.3) is 0 Å². The summed E-state index contributed by atoms with van der Waals surface area (Å²) >= 11 is 0. The predicted molar refractivity (Wildman–Crippen MR) is 80.3 cm³/mol. The highest BCUT2D eigenvalue weighted by Crippen LogP contribution is 2.30. The Morgan fingerprint density at radius 1 is 1.10 bits per heavy atom. The fourth-order valence-electron chi connectivity index (χ4n) is 2.32. The number of esters is 1. The SMILES string of the molecule is CCCCC(OOC(C)(C)CC(C)(C)C)C(=O)OCC. The van der Waals surface area contributed by atoms with E-state index in [1.54, 1.807) is 6.92 Å². The summed E-state index contributed by atoms with van der Waals surface area (Å²) in [6.45, 7) is 14.6. The minimum absolute atomic E-state index is 0.135. The highest BCUT2D eigenvalue weighted by Gasteiger charge is 2.30. The number of ether oxygens (including phenoxy) is 1. The number of hydrogen-bond donors (Lipinski definition) is 0. The average molecular weight is 288 g/mol. The van der Waals surface area contributed by atoms with E-state index in [0.29, 0.717) is 13.0 Å². The molecule has 0 amide bonds. The van der Waals surface area contributed by atoms with Crippen molar-refractivity contribution in [3.8, 4) is 0 Å². The summed E-state index contributed by atoms with van der Waals surface area (Å²) in [4.78, 5) is 22.8. The number of hydrogen-bond acceptors (Lipinski definition) is 4. The molecule has 0 N–H and O–H groups in total. The van der Waals surface area contributed by atoms with Crippen LogP contribution in [0.3, 0.4) is 0 Å². The Bertz CT molecular complexity index is 279. The van der Waals surface area contributed by atoms with Crippen molar-refractivity contribution >= 4 is 5.97 Å². The third-order valence-electron chi connectivity index (χ3n) is 2.72. The van der Waals surface area contributed by atoms with E-state index >= 15 is 0 Å². The van der Waals surface area contributed by atoms with Gasteiger partial charge in [0.05, 0.1) is 12.2 Å². The molecule has 0 heterocycles. The fraction of sp³-hybridized carbons (Fsp3) is 0.938. The minimum Gasteiger partial charge on any atom is -0.464 e. The molecule has 120 valence electrons. The van der Waals surface area contributed by atoms with Gasteiger partial charge in [0.15, 0.2) is 6.10 Å². The van der Waals surface area contributed by atoms with Crippen LogP contribution in [-0.4, -0.2) is 24.3 Å². The maximum Gasteiger partial charge on any atom is 0.338 e. The molecule has 0 aliphatic heterocycles. The van der Waals surface area contributed by atoms with Crippen molar-refractivity contribution < 1.29 is 19.3 Å². The van der Waals surface area contributed by atoms with Crippen LogP contribution in [0, 0.1) is 5.41 Å². The van der Waals surface area contributed by atoms with Crippen molar-refractivity contribution in [1.29, 1.82) is 0 Å². The van der Waals surface area contributed by atoms with Gasteiger partial charge in [0.1, 0.15) is 0 Å². The summed E-state index contributed by atoms with van der Waals surface area (Å²) in [7, 11) is 0. The van der Waals surface area contributed by atoms with E-state index in [1.165, 1.54) is 0 Å². The highest BCUT2D eigenvalue weighted by atomic mass is 17.2. The lowest BCUT2D eigenvalue weighted by Crippen LogP contribution is -2.35. The van der Waals surface area contributed by atoms with Gasteiger partial charge in [-0.15, -0.1) is 0 Å². The first kappa shape index (κ1) is 19.4. The van der Waals surface area contributed by atoms with Gasteiger partial charge in [-0.1, -0.05) is 40.5 Å². The van der Waals surface area contributed by atoms with Gasteiger partial charge in [0, 0.05) is 0 Å². The van der Waals surface area contributed by atoms with Crippen LogP contribution in [-0.2, 0) is 19.3 Å². The molecule has 0 aliphatic carbocycles.